The minimum Gasteiger partial charge on any atom is -0.469 e. The molecule has 0 aliphatic carbocycles. The smallest absolute Gasteiger partial charge is 0.314 e. The first-order valence-corrected chi connectivity index (χ1v) is 7.81. The summed E-state index contributed by atoms with van der Waals surface area (Å²) in [5.41, 5.74) is -3.67. The minimum atomic E-state index is -1.10. The first kappa shape index (κ1) is 19.9. The summed E-state index contributed by atoms with van der Waals surface area (Å²) in [7, 11) is 2.64. The van der Waals surface area contributed by atoms with E-state index in [-0.39, 0.29) is 26.1 Å². The van der Waals surface area contributed by atoms with Gasteiger partial charge in [-0.1, -0.05) is 20.8 Å². The van der Waals surface area contributed by atoms with Crippen LogP contribution < -0.4 is 0 Å². The second kappa shape index (κ2) is 6.40. The number of rotatable bonds is 4. The van der Waals surface area contributed by atoms with Gasteiger partial charge in [0.1, 0.15) is 0 Å². The van der Waals surface area contributed by atoms with E-state index >= 15 is 0 Å². The number of hydrogen-bond donors (Lipinski definition) is 1. The Morgan fingerprint density at radius 2 is 1.57 bits per heavy atom. The second-order valence-corrected chi connectivity index (χ2v) is 8.25. The molecule has 1 N–H and O–H groups in total. The van der Waals surface area contributed by atoms with Crippen molar-refractivity contribution in [1.29, 1.82) is 0 Å². The minimum absolute atomic E-state index is 0.110. The highest BCUT2D eigenvalue weighted by atomic mass is 16.5. The monoisotopic (exact) mass is 330 g/mol. The Morgan fingerprint density at radius 1 is 1.04 bits per heavy atom. The number of aliphatic hydroxyl groups is 1. The van der Waals surface area contributed by atoms with Crippen LogP contribution in [0.1, 0.15) is 47.5 Å². The lowest BCUT2D eigenvalue weighted by molar-refractivity contribution is -0.202. The molecule has 0 aromatic carbocycles. The molecule has 1 rings (SSSR count). The van der Waals surface area contributed by atoms with Crippen LogP contribution >= 0.6 is 0 Å². The van der Waals surface area contributed by atoms with Gasteiger partial charge in [-0.3, -0.25) is 9.59 Å². The summed E-state index contributed by atoms with van der Waals surface area (Å²) in [6, 6.07) is 0. The predicted molar refractivity (Wildman–Crippen MR) is 84.7 cm³/mol. The highest BCUT2D eigenvalue weighted by Gasteiger charge is 2.60. The third-order valence-electron chi connectivity index (χ3n) is 4.77. The first-order chi connectivity index (χ1) is 10.3. The van der Waals surface area contributed by atoms with Crippen LogP contribution in [0.15, 0.2) is 0 Å². The van der Waals surface area contributed by atoms with Crippen molar-refractivity contribution in [2.75, 3.05) is 27.4 Å². The second-order valence-electron chi connectivity index (χ2n) is 8.25. The summed E-state index contributed by atoms with van der Waals surface area (Å²) in [6.07, 6.45) is 0.355. The molecular weight excluding hydrogens is 300 g/mol. The van der Waals surface area contributed by atoms with Gasteiger partial charge in [-0.25, -0.2) is 0 Å². The van der Waals surface area contributed by atoms with E-state index in [1.54, 1.807) is 13.8 Å². The molecule has 6 heteroatoms. The number of carbonyl (C=O) groups is 2. The molecule has 1 saturated heterocycles. The van der Waals surface area contributed by atoms with Crippen molar-refractivity contribution < 1.29 is 28.9 Å². The molecule has 6 nitrogen and oxygen atoms in total. The highest BCUT2D eigenvalue weighted by molar-refractivity contribution is 5.82. The van der Waals surface area contributed by atoms with Gasteiger partial charge in [-0.15, -0.1) is 0 Å². The van der Waals surface area contributed by atoms with E-state index in [4.69, 9.17) is 14.2 Å². The lowest BCUT2D eigenvalue weighted by Crippen LogP contribution is -2.58. The summed E-state index contributed by atoms with van der Waals surface area (Å²) < 4.78 is 15.7. The summed E-state index contributed by atoms with van der Waals surface area (Å²) in [4.78, 5) is 25.1. The number of ether oxygens (including phenoxy) is 3. The number of esters is 2. The maximum absolute atomic E-state index is 12.6. The molecule has 2 atom stereocenters. The van der Waals surface area contributed by atoms with Crippen molar-refractivity contribution in [1.82, 2.24) is 0 Å². The highest BCUT2D eigenvalue weighted by Crippen LogP contribution is 2.53. The van der Waals surface area contributed by atoms with Crippen molar-refractivity contribution in [2.24, 2.45) is 16.2 Å². The molecule has 0 amide bonds. The van der Waals surface area contributed by atoms with Gasteiger partial charge in [-0.05, 0) is 32.1 Å². The van der Waals surface area contributed by atoms with E-state index in [1.807, 2.05) is 20.8 Å². The summed E-state index contributed by atoms with van der Waals surface area (Å²) in [6.45, 7) is 9.30. The van der Waals surface area contributed by atoms with Crippen molar-refractivity contribution >= 4 is 11.9 Å². The fourth-order valence-corrected chi connectivity index (χ4v) is 3.58. The quantitative estimate of drug-likeness (QED) is 0.793. The van der Waals surface area contributed by atoms with Gasteiger partial charge < -0.3 is 19.3 Å². The third kappa shape index (κ3) is 3.86. The van der Waals surface area contributed by atoms with Gasteiger partial charge in [0.05, 0.1) is 43.9 Å². The van der Waals surface area contributed by atoms with Crippen LogP contribution in [0.25, 0.3) is 0 Å². The van der Waals surface area contributed by atoms with E-state index in [9.17, 15) is 14.7 Å². The van der Waals surface area contributed by atoms with Crippen molar-refractivity contribution in [3.05, 3.63) is 0 Å². The molecule has 23 heavy (non-hydrogen) atoms. The van der Waals surface area contributed by atoms with Crippen LogP contribution in [0.5, 0.6) is 0 Å². The number of hydrogen-bond acceptors (Lipinski definition) is 6. The Hall–Kier alpha value is -1.14. The zero-order valence-corrected chi connectivity index (χ0v) is 15.3. The number of methoxy groups -OCH3 is 2. The normalized spacial score (nSPS) is 29.0. The molecule has 134 valence electrons. The Morgan fingerprint density at radius 3 is 1.96 bits per heavy atom. The fraction of sp³-hybridized carbons (Fsp3) is 0.882. The molecule has 0 saturated carbocycles. The van der Waals surface area contributed by atoms with Gasteiger partial charge >= 0.3 is 11.9 Å². The molecule has 0 bridgehead atoms. The van der Waals surface area contributed by atoms with Crippen molar-refractivity contribution in [3.8, 4) is 0 Å². The van der Waals surface area contributed by atoms with Gasteiger partial charge in [0.25, 0.3) is 0 Å². The summed E-state index contributed by atoms with van der Waals surface area (Å²) in [5, 5.41) is 10.3. The Bertz CT molecular complexity index is 459. The standard InChI is InChI=1S/C17H30O6/c1-14(2,3)17(13(19)22-7)9-16(10-23-11-17,12(18)21-6)8-15(4,5)20/h20H,8-11H2,1-7H3. The molecule has 1 aliphatic heterocycles. The van der Waals surface area contributed by atoms with Crippen LogP contribution in [-0.4, -0.2) is 50.1 Å². The largest absolute Gasteiger partial charge is 0.469 e. The summed E-state index contributed by atoms with van der Waals surface area (Å²) in [5.74, 6) is -0.884. The van der Waals surface area contributed by atoms with E-state index in [0.717, 1.165) is 0 Å². The zero-order valence-electron chi connectivity index (χ0n) is 15.3. The van der Waals surface area contributed by atoms with Crippen LogP contribution in [0.4, 0.5) is 0 Å². The fourth-order valence-electron chi connectivity index (χ4n) is 3.58. The molecule has 0 aromatic rings. The topological polar surface area (TPSA) is 82.1 Å². The SMILES string of the molecule is COC(=O)C1(CC(C)(C)O)COCC(C(=O)OC)(C(C)(C)C)C1. The van der Waals surface area contributed by atoms with Crippen molar-refractivity contribution in [3.63, 3.8) is 0 Å². The average Bonchev–Trinajstić information content (AvgIpc) is 2.42. The van der Waals surface area contributed by atoms with Crippen LogP contribution in [-0.2, 0) is 23.8 Å². The molecule has 1 heterocycles. The Kier molecular flexibility index (Phi) is 5.54. The van der Waals surface area contributed by atoms with Crippen LogP contribution in [0.2, 0.25) is 0 Å². The van der Waals surface area contributed by atoms with E-state index < -0.39 is 33.8 Å². The Balaban J connectivity index is 3.39. The molecule has 0 radical (unpaired) electrons. The van der Waals surface area contributed by atoms with E-state index in [2.05, 4.69) is 0 Å². The molecule has 2 unspecified atom stereocenters. The lowest BCUT2D eigenvalue weighted by Gasteiger charge is -2.51. The molecule has 1 aliphatic rings. The van der Waals surface area contributed by atoms with Gasteiger partial charge in [-0.2, -0.15) is 0 Å². The Labute approximate surface area is 138 Å². The van der Waals surface area contributed by atoms with Gasteiger partial charge in [0.15, 0.2) is 0 Å². The lowest BCUT2D eigenvalue weighted by atomic mass is 9.56. The van der Waals surface area contributed by atoms with Gasteiger partial charge in [0, 0.05) is 0 Å². The predicted octanol–water partition coefficient (Wildman–Crippen LogP) is 1.93. The zero-order chi connectivity index (χ0) is 18.1. The van der Waals surface area contributed by atoms with E-state index in [1.165, 1.54) is 14.2 Å². The van der Waals surface area contributed by atoms with Gasteiger partial charge in [0.2, 0.25) is 0 Å². The molecule has 0 aromatic heterocycles. The maximum atomic E-state index is 12.6. The first-order valence-electron chi connectivity index (χ1n) is 7.81. The van der Waals surface area contributed by atoms with Crippen molar-refractivity contribution in [2.45, 2.75) is 53.1 Å². The third-order valence-corrected chi connectivity index (χ3v) is 4.77. The molecule has 0 spiro atoms. The molecule has 1 fully saturated rings. The molecular formula is C17H30O6. The van der Waals surface area contributed by atoms with Crippen LogP contribution in [0.3, 0.4) is 0 Å². The van der Waals surface area contributed by atoms with E-state index in [0.29, 0.717) is 0 Å². The summed E-state index contributed by atoms with van der Waals surface area (Å²) >= 11 is 0. The number of carbonyl (C=O) groups excluding carboxylic acids is 2. The van der Waals surface area contributed by atoms with Crippen LogP contribution in [0, 0.1) is 16.2 Å². The maximum Gasteiger partial charge on any atom is 0.314 e. The average molecular weight is 330 g/mol.